The van der Waals surface area contributed by atoms with Crippen molar-refractivity contribution >= 4 is 6.09 Å². The first-order valence-electron chi connectivity index (χ1n) is 3.21. The Labute approximate surface area is 54.4 Å². The van der Waals surface area contributed by atoms with Gasteiger partial charge in [0.15, 0.2) is 0 Å². The van der Waals surface area contributed by atoms with Crippen LogP contribution in [0.2, 0.25) is 0 Å². The predicted octanol–water partition coefficient (Wildman–Crippen LogP) is 0.910. The highest BCUT2D eigenvalue weighted by molar-refractivity contribution is 5.67. The molecule has 0 N–H and O–H groups in total. The van der Waals surface area contributed by atoms with E-state index in [2.05, 4.69) is 5.32 Å². The van der Waals surface area contributed by atoms with E-state index in [0.29, 0.717) is 6.54 Å². The second-order valence-corrected chi connectivity index (χ2v) is 2.06. The van der Waals surface area contributed by atoms with E-state index in [4.69, 9.17) is 4.74 Å². The number of nitrogens with zero attached hydrogens (tertiary/aromatic N) is 1. The summed E-state index contributed by atoms with van der Waals surface area (Å²) >= 11 is 0. The molecule has 0 bridgehead atoms. The van der Waals surface area contributed by atoms with Crippen molar-refractivity contribution in [2.45, 2.75) is 25.9 Å². The van der Waals surface area contributed by atoms with Gasteiger partial charge in [-0.2, -0.15) is 0 Å². The third-order valence-electron chi connectivity index (χ3n) is 1.08. The van der Waals surface area contributed by atoms with Gasteiger partial charge < -0.3 is 4.74 Å². The van der Waals surface area contributed by atoms with E-state index in [0.717, 1.165) is 12.8 Å². The Balaban J connectivity index is 2.02. The summed E-state index contributed by atoms with van der Waals surface area (Å²) in [5.41, 5.74) is 0. The van der Waals surface area contributed by atoms with Crippen LogP contribution in [0.3, 0.4) is 0 Å². The Kier molecular flexibility index (Phi) is 1.92. The van der Waals surface area contributed by atoms with Crippen LogP contribution in [-0.2, 0) is 4.74 Å². The van der Waals surface area contributed by atoms with Crippen LogP contribution in [0, 0.1) is 0 Å². The maximum atomic E-state index is 10.5. The van der Waals surface area contributed by atoms with E-state index in [1.807, 2.05) is 6.92 Å². The van der Waals surface area contributed by atoms with Gasteiger partial charge in [-0.05, 0) is 19.8 Å². The van der Waals surface area contributed by atoms with Crippen LogP contribution in [0.15, 0.2) is 0 Å². The van der Waals surface area contributed by atoms with Crippen LogP contribution < -0.4 is 5.32 Å². The summed E-state index contributed by atoms with van der Waals surface area (Å²) in [5, 5.41) is 3.54. The van der Waals surface area contributed by atoms with Crippen molar-refractivity contribution in [3.8, 4) is 0 Å². The third-order valence-corrected chi connectivity index (χ3v) is 1.08. The molecular weight excluding hydrogens is 118 g/mol. The quantitative estimate of drug-likeness (QED) is 0.554. The number of carbonyl (C=O) groups is 1. The van der Waals surface area contributed by atoms with E-state index >= 15 is 0 Å². The molecule has 9 heavy (non-hydrogen) atoms. The summed E-state index contributed by atoms with van der Waals surface area (Å²) < 4.78 is 4.80. The molecule has 1 aliphatic rings. The topological polar surface area (TPSA) is 40.4 Å². The molecule has 1 fully saturated rings. The van der Waals surface area contributed by atoms with Gasteiger partial charge in [0.2, 0.25) is 0 Å². The highest BCUT2D eigenvalue weighted by Crippen LogP contribution is 2.23. The zero-order valence-electron chi connectivity index (χ0n) is 5.46. The smallest absolute Gasteiger partial charge is 0.429 e. The van der Waals surface area contributed by atoms with Gasteiger partial charge in [-0.1, -0.05) is 0 Å². The molecule has 1 amide bonds. The van der Waals surface area contributed by atoms with Crippen molar-refractivity contribution in [1.29, 1.82) is 0 Å². The third kappa shape index (κ3) is 2.35. The Morgan fingerprint density at radius 1 is 1.78 bits per heavy atom. The maximum absolute atomic E-state index is 10.5. The maximum Gasteiger partial charge on any atom is 0.429 e. The zero-order chi connectivity index (χ0) is 6.69. The summed E-state index contributed by atoms with van der Waals surface area (Å²) in [6, 6.07) is 0. The Hall–Kier alpha value is -0.730. The van der Waals surface area contributed by atoms with E-state index < -0.39 is 6.09 Å². The highest BCUT2D eigenvalue weighted by Gasteiger charge is 2.25. The monoisotopic (exact) mass is 128 g/mol. The van der Waals surface area contributed by atoms with Gasteiger partial charge in [0.1, 0.15) is 6.10 Å². The molecule has 51 valence electrons. The first-order chi connectivity index (χ1) is 4.33. The average Bonchev–Trinajstić information content (AvgIpc) is 2.50. The number of amides is 1. The van der Waals surface area contributed by atoms with Crippen molar-refractivity contribution in [3.05, 3.63) is 0 Å². The standard InChI is InChI=1S/C6H10NO2/c1-2-7-6(8)9-5-3-4-5/h5H,2-4H2,1H3. The molecule has 1 radical (unpaired) electrons. The largest absolute Gasteiger partial charge is 0.445 e. The lowest BCUT2D eigenvalue weighted by molar-refractivity contribution is 0.138. The summed E-state index contributed by atoms with van der Waals surface area (Å²) in [4.78, 5) is 10.5. The Bertz CT molecular complexity index is 110. The average molecular weight is 128 g/mol. The SMILES string of the molecule is CC[N]C(=O)OC1CC1. The van der Waals surface area contributed by atoms with Gasteiger partial charge in [-0.3, -0.25) is 0 Å². The van der Waals surface area contributed by atoms with Crippen LogP contribution in [0.5, 0.6) is 0 Å². The summed E-state index contributed by atoms with van der Waals surface area (Å²) in [5.74, 6) is 0. The summed E-state index contributed by atoms with van der Waals surface area (Å²) in [7, 11) is 0. The van der Waals surface area contributed by atoms with Crippen LogP contribution >= 0.6 is 0 Å². The Morgan fingerprint density at radius 3 is 2.89 bits per heavy atom. The van der Waals surface area contributed by atoms with Gasteiger partial charge in [-0.15, -0.1) is 0 Å². The fraction of sp³-hybridized carbons (Fsp3) is 0.833. The molecule has 1 aliphatic carbocycles. The number of hydrogen-bond acceptors (Lipinski definition) is 2. The number of hydrogen-bond donors (Lipinski definition) is 0. The Morgan fingerprint density at radius 2 is 2.44 bits per heavy atom. The predicted molar refractivity (Wildman–Crippen MR) is 32.2 cm³/mol. The highest BCUT2D eigenvalue weighted by atomic mass is 16.6. The molecule has 0 heterocycles. The van der Waals surface area contributed by atoms with E-state index in [9.17, 15) is 4.79 Å². The van der Waals surface area contributed by atoms with Gasteiger partial charge in [0.05, 0.1) is 0 Å². The van der Waals surface area contributed by atoms with Crippen LogP contribution in [0.4, 0.5) is 4.79 Å². The fourth-order valence-electron chi connectivity index (χ4n) is 0.495. The van der Waals surface area contributed by atoms with E-state index in [1.165, 1.54) is 0 Å². The second-order valence-electron chi connectivity index (χ2n) is 2.06. The van der Waals surface area contributed by atoms with Gasteiger partial charge in [-0.25, -0.2) is 10.1 Å². The zero-order valence-corrected chi connectivity index (χ0v) is 5.46. The minimum atomic E-state index is -0.403. The molecular formula is C6H10NO2. The minimum absolute atomic E-state index is 0.188. The number of rotatable bonds is 2. The van der Waals surface area contributed by atoms with Crippen molar-refractivity contribution in [3.63, 3.8) is 0 Å². The molecule has 0 unspecified atom stereocenters. The fourth-order valence-corrected chi connectivity index (χ4v) is 0.495. The molecule has 0 aliphatic heterocycles. The lowest BCUT2D eigenvalue weighted by atomic mass is 10.7. The molecule has 1 rings (SSSR count). The molecule has 0 aromatic heterocycles. The lowest BCUT2D eigenvalue weighted by Crippen LogP contribution is -2.17. The van der Waals surface area contributed by atoms with Gasteiger partial charge >= 0.3 is 6.09 Å². The summed E-state index contributed by atoms with van der Waals surface area (Å²) in [6.45, 7) is 2.33. The van der Waals surface area contributed by atoms with Crippen LogP contribution in [0.25, 0.3) is 0 Å². The van der Waals surface area contributed by atoms with Crippen LogP contribution in [0.1, 0.15) is 19.8 Å². The van der Waals surface area contributed by atoms with Gasteiger partial charge in [0, 0.05) is 6.54 Å². The number of carbonyl (C=O) groups excluding carboxylic acids is 1. The van der Waals surface area contributed by atoms with E-state index in [-0.39, 0.29) is 6.10 Å². The van der Waals surface area contributed by atoms with Crippen LogP contribution in [-0.4, -0.2) is 18.7 Å². The minimum Gasteiger partial charge on any atom is -0.445 e. The molecule has 0 spiro atoms. The molecule has 3 heteroatoms. The van der Waals surface area contributed by atoms with Crippen molar-refractivity contribution in [2.24, 2.45) is 0 Å². The first kappa shape index (κ1) is 6.39. The normalized spacial score (nSPS) is 17.0. The van der Waals surface area contributed by atoms with Crippen molar-refractivity contribution < 1.29 is 9.53 Å². The molecule has 0 aromatic rings. The molecule has 0 aromatic carbocycles. The number of ether oxygens (including phenoxy) is 1. The molecule has 3 nitrogen and oxygen atoms in total. The molecule has 0 saturated heterocycles. The van der Waals surface area contributed by atoms with Crippen molar-refractivity contribution in [2.75, 3.05) is 6.54 Å². The first-order valence-corrected chi connectivity index (χ1v) is 3.21. The molecule has 0 atom stereocenters. The van der Waals surface area contributed by atoms with E-state index in [1.54, 1.807) is 0 Å². The molecule has 1 saturated carbocycles. The second kappa shape index (κ2) is 2.71. The lowest BCUT2D eigenvalue weighted by Gasteiger charge is -1.98. The summed E-state index contributed by atoms with van der Waals surface area (Å²) in [6.07, 6.45) is 1.82. The van der Waals surface area contributed by atoms with Gasteiger partial charge in [0.25, 0.3) is 0 Å². The van der Waals surface area contributed by atoms with Crippen molar-refractivity contribution in [1.82, 2.24) is 5.32 Å².